The van der Waals surface area contributed by atoms with Crippen LogP contribution in [0.5, 0.6) is 5.75 Å². The molecular formula is C32H39N3O5. The van der Waals surface area contributed by atoms with Crippen molar-refractivity contribution in [2.45, 2.75) is 77.6 Å². The van der Waals surface area contributed by atoms with Crippen molar-refractivity contribution in [3.63, 3.8) is 0 Å². The van der Waals surface area contributed by atoms with Gasteiger partial charge < -0.3 is 25.4 Å². The van der Waals surface area contributed by atoms with Gasteiger partial charge in [0.05, 0.1) is 0 Å². The summed E-state index contributed by atoms with van der Waals surface area (Å²) in [6, 6.07) is 17.8. The first-order valence-corrected chi connectivity index (χ1v) is 13.8. The molecule has 8 nitrogen and oxygen atoms in total. The first-order valence-electron chi connectivity index (χ1n) is 13.8. The Kier molecular flexibility index (Phi) is 8.67. The highest BCUT2D eigenvalue weighted by Gasteiger charge is 2.43. The van der Waals surface area contributed by atoms with Crippen LogP contribution in [0.2, 0.25) is 0 Å². The molecule has 8 heteroatoms. The van der Waals surface area contributed by atoms with Gasteiger partial charge in [-0.3, -0.25) is 9.59 Å². The van der Waals surface area contributed by atoms with Crippen LogP contribution in [0, 0.1) is 5.92 Å². The fraction of sp³-hybridized carbons (Fsp3) is 0.406. The van der Waals surface area contributed by atoms with Crippen LogP contribution in [-0.2, 0) is 14.3 Å². The summed E-state index contributed by atoms with van der Waals surface area (Å²) >= 11 is 0. The van der Waals surface area contributed by atoms with Crippen LogP contribution in [0.4, 0.5) is 10.5 Å². The smallest absolute Gasteiger partial charge is 0.408 e. The van der Waals surface area contributed by atoms with Gasteiger partial charge >= 0.3 is 6.09 Å². The molecule has 2 atom stereocenters. The summed E-state index contributed by atoms with van der Waals surface area (Å²) < 4.78 is 5.44. The molecule has 0 radical (unpaired) electrons. The fourth-order valence-electron chi connectivity index (χ4n) is 4.90. The molecule has 0 saturated heterocycles. The Balaban J connectivity index is 1.71. The van der Waals surface area contributed by atoms with E-state index in [2.05, 4.69) is 10.6 Å². The summed E-state index contributed by atoms with van der Waals surface area (Å²) in [4.78, 5) is 42.6. The van der Waals surface area contributed by atoms with Crippen LogP contribution in [0.25, 0.3) is 10.8 Å². The Labute approximate surface area is 235 Å². The lowest BCUT2D eigenvalue weighted by Gasteiger charge is -2.44. The maximum Gasteiger partial charge on any atom is 0.408 e. The number of phenols is 1. The number of carbonyl (C=O) groups is 3. The molecule has 1 saturated carbocycles. The monoisotopic (exact) mass is 545 g/mol. The first-order chi connectivity index (χ1) is 18.9. The Hall–Kier alpha value is -4.07. The topological polar surface area (TPSA) is 108 Å². The Bertz CT molecular complexity index is 1380. The van der Waals surface area contributed by atoms with Gasteiger partial charge in [-0.15, -0.1) is 0 Å². The molecule has 4 rings (SSSR count). The first kappa shape index (κ1) is 28.9. The van der Waals surface area contributed by atoms with Crippen LogP contribution < -0.4 is 10.6 Å². The van der Waals surface area contributed by atoms with E-state index in [0.717, 1.165) is 30.0 Å². The van der Waals surface area contributed by atoms with E-state index in [0.29, 0.717) is 11.3 Å². The third kappa shape index (κ3) is 6.92. The lowest BCUT2D eigenvalue weighted by atomic mass is 9.87. The van der Waals surface area contributed by atoms with Crippen molar-refractivity contribution in [1.82, 2.24) is 10.2 Å². The Morgan fingerprint density at radius 1 is 0.950 bits per heavy atom. The van der Waals surface area contributed by atoms with Crippen LogP contribution in [-0.4, -0.2) is 45.6 Å². The standard InChI is InChI=1S/C32H39N3O5/c1-20(2)27(34-31(39)40-32(3,4)5)30(38)35(25-13-9-14-25)28(23-12-8-15-26(36)19-23)29(37)33-24-17-16-21-10-6-7-11-22(21)18-24/h6-8,10-12,15-20,25,27-28,36H,9,13-14H2,1-5H3,(H,33,37)(H,34,39). The Morgan fingerprint density at radius 2 is 1.65 bits per heavy atom. The zero-order valence-corrected chi connectivity index (χ0v) is 23.8. The predicted octanol–water partition coefficient (Wildman–Crippen LogP) is 6.16. The quantitative estimate of drug-likeness (QED) is 0.314. The molecule has 40 heavy (non-hydrogen) atoms. The molecule has 3 aromatic rings. The molecule has 3 N–H and O–H groups in total. The second-order valence-corrected chi connectivity index (χ2v) is 11.7. The molecule has 3 aromatic carbocycles. The molecule has 2 unspecified atom stereocenters. The van der Waals surface area contributed by atoms with E-state index in [1.165, 1.54) is 12.1 Å². The van der Waals surface area contributed by atoms with Gasteiger partial charge in [0.25, 0.3) is 5.91 Å². The molecule has 3 amide bonds. The molecule has 212 valence electrons. The second kappa shape index (κ2) is 12.0. The van der Waals surface area contributed by atoms with Crippen LogP contribution in [0.3, 0.4) is 0 Å². The van der Waals surface area contributed by atoms with E-state index in [1.54, 1.807) is 37.8 Å². The molecule has 0 bridgehead atoms. The van der Waals surface area contributed by atoms with Gasteiger partial charge in [-0.1, -0.05) is 56.3 Å². The number of rotatable bonds is 8. The van der Waals surface area contributed by atoms with Crippen molar-refractivity contribution in [3.8, 4) is 5.75 Å². The zero-order chi connectivity index (χ0) is 29.0. The number of alkyl carbamates (subject to hydrolysis) is 1. The minimum absolute atomic E-state index is 0.00527. The van der Waals surface area contributed by atoms with Gasteiger partial charge in [0.1, 0.15) is 23.4 Å². The maximum atomic E-state index is 14.3. The summed E-state index contributed by atoms with van der Waals surface area (Å²) in [7, 11) is 0. The summed E-state index contributed by atoms with van der Waals surface area (Å²) in [6.45, 7) is 8.96. The zero-order valence-electron chi connectivity index (χ0n) is 23.8. The number of amides is 3. The van der Waals surface area contributed by atoms with Gasteiger partial charge in [0.15, 0.2) is 0 Å². The number of anilines is 1. The summed E-state index contributed by atoms with van der Waals surface area (Å²) in [6.07, 6.45) is 1.71. The predicted molar refractivity (Wildman–Crippen MR) is 156 cm³/mol. The van der Waals surface area contributed by atoms with Gasteiger partial charge in [0.2, 0.25) is 5.91 Å². The number of hydrogen-bond acceptors (Lipinski definition) is 5. The number of carbonyl (C=O) groups excluding carboxylic acids is 3. The van der Waals surface area contributed by atoms with E-state index in [9.17, 15) is 19.5 Å². The summed E-state index contributed by atoms with van der Waals surface area (Å²) in [5, 5.41) is 18.1. The van der Waals surface area contributed by atoms with Crippen molar-refractivity contribution in [1.29, 1.82) is 0 Å². The highest BCUT2D eigenvalue weighted by molar-refractivity contribution is 6.00. The normalized spacial score (nSPS) is 15.2. The molecule has 0 aromatic heterocycles. The van der Waals surface area contributed by atoms with Crippen molar-refractivity contribution in [2.75, 3.05) is 5.32 Å². The molecule has 1 aliphatic rings. The lowest BCUT2D eigenvalue weighted by molar-refractivity contribution is -0.146. The highest BCUT2D eigenvalue weighted by Crippen LogP contribution is 2.36. The lowest BCUT2D eigenvalue weighted by Crippen LogP contribution is -2.58. The number of fused-ring (bicyclic) bond motifs is 1. The number of nitrogens with one attached hydrogen (secondary N) is 2. The minimum atomic E-state index is -1.03. The molecule has 0 spiro atoms. The Morgan fingerprint density at radius 3 is 2.25 bits per heavy atom. The third-order valence-electron chi connectivity index (χ3n) is 7.06. The number of hydrogen-bond donors (Lipinski definition) is 3. The molecule has 1 aliphatic carbocycles. The second-order valence-electron chi connectivity index (χ2n) is 11.7. The largest absolute Gasteiger partial charge is 0.508 e. The average Bonchev–Trinajstić information content (AvgIpc) is 2.84. The van der Waals surface area contributed by atoms with Crippen LogP contribution >= 0.6 is 0 Å². The van der Waals surface area contributed by atoms with Gasteiger partial charge in [-0.25, -0.2) is 4.79 Å². The van der Waals surface area contributed by atoms with Crippen LogP contribution in [0.15, 0.2) is 66.7 Å². The van der Waals surface area contributed by atoms with Crippen molar-refractivity contribution in [2.24, 2.45) is 5.92 Å². The molecule has 1 fully saturated rings. The minimum Gasteiger partial charge on any atom is -0.508 e. The number of phenolic OH excluding ortho intramolecular Hbond substituents is 1. The van der Waals surface area contributed by atoms with E-state index in [-0.39, 0.29) is 23.6 Å². The number of ether oxygens (including phenoxy) is 1. The van der Waals surface area contributed by atoms with Crippen molar-refractivity contribution >= 4 is 34.4 Å². The van der Waals surface area contributed by atoms with E-state index in [1.807, 2.05) is 56.3 Å². The number of aromatic hydroxyl groups is 1. The van der Waals surface area contributed by atoms with Crippen molar-refractivity contribution in [3.05, 3.63) is 72.3 Å². The molecule has 0 aliphatic heterocycles. The van der Waals surface area contributed by atoms with Gasteiger partial charge in [-0.2, -0.15) is 0 Å². The average molecular weight is 546 g/mol. The maximum absolute atomic E-state index is 14.3. The fourth-order valence-corrected chi connectivity index (χ4v) is 4.90. The number of benzene rings is 3. The highest BCUT2D eigenvalue weighted by atomic mass is 16.6. The number of nitrogens with zero attached hydrogens (tertiary/aromatic N) is 1. The summed E-state index contributed by atoms with van der Waals surface area (Å²) in [5.74, 6) is -1.04. The van der Waals surface area contributed by atoms with E-state index >= 15 is 0 Å². The van der Waals surface area contributed by atoms with Crippen molar-refractivity contribution < 1.29 is 24.2 Å². The molecule has 0 heterocycles. The van der Waals surface area contributed by atoms with Gasteiger partial charge in [0, 0.05) is 11.7 Å². The van der Waals surface area contributed by atoms with E-state index in [4.69, 9.17) is 4.74 Å². The summed E-state index contributed by atoms with van der Waals surface area (Å²) in [5.41, 5.74) is 0.354. The van der Waals surface area contributed by atoms with Gasteiger partial charge in [-0.05, 0) is 86.6 Å². The third-order valence-corrected chi connectivity index (χ3v) is 7.06. The van der Waals surface area contributed by atoms with Crippen LogP contribution in [0.1, 0.15) is 65.5 Å². The van der Waals surface area contributed by atoms with E-state index < -0.39 is 29.7 Å². The molecular weight excluding hydrogens is 506 g/mol. The SMILES string of the molecule is CC(C)C(NC(=O)OC(C)(C)C)C(=O)N(C1CCC1)C(C(=O)Nc1ccc2ccccc2c1)c1cccc(O)c1.